The summed E-state index contributed by atoms with van der Waals surface area (Å²) in [5, 5.41) is 9.88. The molecular weight excluding hydrogens is 486 g/mol. The average molecular weight is 524 g/mol. The minimum Gasteiger partial charge on any atom is -0.399 e. The Labute approximate surface area is 230 Å². The minimum atomic E-state index is -0.185. The fraction of sp³-hybridized carbons (Fsp3) is 0.188. The van der Waals surface area contributed by atoms with Crippen LogP contribution < -0.4 is 27.4 Å². The van der Waals surface area contributed by atoms with Crippen molar-refractivity contribution in [1.82, 2.24) is 16.0 Å². The van der Waals surface area contributed by atoms with Crippen LogP contribution in [-0.2, 0) is 0 Å². The Bertz CT molecular complexity index is 1230. The van der Waals surface area contributed by atoms with E-state index in [4.69, 9.17) is 11.5 Å². The largest absolute Gasteiger partial charge is 0.399 e. The molecule has 0 saturated carbocycles. The molecule has 7 N–H and O–H groups in total. The number of hydrogen-bond acceptors (Lipinski definition) is 6. The molecule has 4 atom stereocenters. The zero-order valence-electron chi connectivity index (χ0n) is 21.8. The predicted octanol–water partition coefficient (Wildman–Crippen LogP) is 5.55. The molecule has 196 valence electrons. The Morgan fingerprint density at radius 3 is 2.21 bits per heavy atom. The lowest BCUT2D eigenvalue weighted by Crippen LogP contribution is -2.26. The fourth-order valence-electron chi connectivity index (χ4n) is 4.19. The SMILES string of the molecule is C=C(N)/C=C\c1cc(C(N)NC)ccc1SCC1C=CC=CN1.c1ccc(C2NC2c2ccccc2)cc1. The summed E-state index contributed by atoms with van der Waals surface area (Å²) in [6.45, 7) is 3.71. The van der Waals surface area contributed by atoms with Crippen molar-refractivity contribution in [2.75, 3.05) is 12.8 Å². The fourth-order valence-corrected chi connectivity index (χ4v) is 5.22. The van der Waals surface area contributed by atoms with Crippen LogP contribution in [0, 0.1) is 0 Å². The molecule has 2 aliphatic heterocycles. The van der Waals surface area contributed by atoms with Crippen LogP contribution in [0.2, 0.25) is 0 Å². The Kier molecular flexibility index (Phi) is 10.0. The van der Waals surface area contributed by atoms with Gasteiger partial charge in [-0.25, -0.2) is 0 Å². The van der Waals surface area contributed by atoms with Crippen LogP contribution in [0.25, 0.3) is 6.08 Å². The van der Waals surface area contributed by atoms with E-state index in [1.54, 1.807) is 11.8 Å². The van der Waals surface area contributed by atoms with Crippen LogP contribution in [0.1, 0.15) is 40.5 Å². The first-order chi connectivity index (χ1) is 18.5. The average Bonchev–Trinajstić information content (AvgIpc) is 3.78. The van der Waals surface area contributed by atoms with E-state index in [0.717, 1.165) is 16.9 Å². The summed E-state index contributed by atoms with van der Waals surface area (Å²) in [4.78, 5) is 1.19. The first-order valence-electron chi connectivity index (χ1n) is 12.8. The van der Waals surface area contributed by atoms with E-state index >= 15 is 0 Å². The van der Waals surface area contributed by atoms with Gasteiger partial charge in [0, 0.05) is 16.3 Å². The highest BCUT2D eigenvalue weighted by Gasteiger charge is 2.38. The van der Waals surface area contributed by atoms with Crippen molar-refractivity contribution in [3.8, 4) is 0 Å². The van der Waals surface area contributed by atoms with E-state index in [1.165, 1.54) is 16.0 Å². The number of hydrogen-bond donors (Lipinski definition) is 5. The van der Waals surface area contributed by atoms with Gasteiger partial charge in [0.1, 0.15) is 0 Å². The maximum absolute atomic E-state index is 6.05. The molecule has 0 aromatic heterocycles. The number of benzene rings is 3. The predicted molar refractivity (Wildman–Crippen MR) is 162 cm³/mol. The smallest absolute Gasteiger partial charge is 0.0807 e. The van der Waals surface area contributed by atoms with Gasteiger partial charge in [-0.05, 0) is 59.8 Å². The topological polar surface area (TPSA) is 98.0 Å². The van der Waals surface area contributed by atoms with E-state index in [9.17, 15) is 0 Å². The summed E-state index contributed by atoms with van der Waals surface area (Å²) in [5.41, 5.74) is 17.1. The lowest BCUT2D eigenvalue weighted by atomic mass is 10.0. The van der Waals surface area contributed by atoms with E-state index in [-0.39, 0.29) is 6.17 Å². The van der Waals surface area contributed by atoms with Gasteiger partial charge < -0.3 is 22.1 Å². The summed E-state index contributed by atoms with van der Waals surface area (Å²) in [6, 6.07) is 28.8. The highest BCUT2D eigenvalue weighted by Crippen LogP contribution is 2.41. The third-order valence-corrected chi connectivity index (χ3v) is 7.57. The molecule has 1 fully saturated rings. The van der Waals surface area contributed by atoms with Crippen LogP contribution in [0.3, 0.4) is 0 Å². The molecule has 0 radical (unpaired) electrons. The van der Waals surface area contributed by atoms with E-state index in [2.05, 4.69) is 114 Å². The molecule has 0 aliphatic carbocycles. The van der Waals surface area contributed by atoms with Crippen molar-refractivity contribution in [2.45, 2.75) is 29.2 Å². The summed E-state index contributed by atoms with van der Waals surface area (Å²) in [7, 11) is 1.85. The Balaban J connectivity index is 0.000000192. The second kappa shape index (κ2) is 13.8. The second-order valence-corrected chi connectivity index (χ2v) is 10.3. The maximum atomic E-state index is 6.05. The summed E-state index contributed by atoms with van der Waals surface area (Å²) >= 11 is 1.80. The van der Waals surface area contributed by atoms with E-state index < -0.39 is 0 Å². The molecule has 5 nitrogen and oxygen atoms in total. The van der Waals surface area contributed by atoms with Crippen molar-refractivity contribution in [3.05, 3.63) is 144 Å². The molecule has 2 heterocycles. The molecule has 3 aromatic carbocycles. The molecule has 0 amide bonds. The summed E-state index contributed by atoms with van der Waals surface area (Å²) < 4.78 is 0. The third-order valence-electron chi connectivity index (χ3n) is 6.36. The molecular formula is C32H37N5S. The van der Waals surface area contributed by atoms with Crippen LogP contribution in [0.15, 0.2) is 127 Å². The van der Waals surface area contributed by atoms with Crippen LogP contribution in [-0.4, -0.2) is 18.8 Å². The van der Waals surface area contributed by atoms with Crippen molar-refractivity contribution in [3.63, 3.8) is 0 Å². The standard InChI is InChI=1S/C18H24N4S.C14H13N/c1-13(19)6-7-14-11-15(18(20)21-2)8-9-17(14)23-12-16-5-3-4-10-22-16;1-3-7-11(8-4-1)13-14(15-13)12-9-5-2-6-10-12/h3-11,16,18,21-22H,1,12,19-20H2,2H3;1-10,13-15H/b7-6-;. The molecule has 5 rings (SSSR count). The van der Waals surface area contributed by atoms with Crippen molar-refractivity contribution in [2.24, 2.45) is 11.5 Å². The molecule has 0 bridgehead atoms. The van der Waals surface area contributed by atoms with Crippen molar-refractivity contribution >= 4 is 17.8 Å². The Hall–Kier alpha value is -3.55. The van der Waals surface area contributed by atoms with Crippen LogP contribution >= 0.6 is 11.8 Å². The van der Waals surface area contributed by atoms with Gasteiger partial charge in [0.25, 0.3) is 0 Å². The van der Waals surface area contributed by atoms with Gasteiger partial charge in [-0.2, -0.15) is 0 Å². The first-order valence-corrected chi connectivity index (χ1v) is 13.8. The highest BCUT2D eigenvalue weighted by molar-refractivity contribution is 7.99. The van der Waals surface area contributed by atoms with Gasteiger partial charge in [0.2, 0.25) is 0 Å². The minimum absolute atomic E-state index is 0.185. The summed E-state index contributed by atoms with van der Waals surface area (Å²) in [6.07, 6.45) is 11.8. The number of nitrogens with two attached hydrogens (primary N) is 2. The third kappa shape index (κ3) is 7.97. The number of rotatable bonds is 9. The first kappa shape index (κ1) is 27.5. The lowest BCUT2D eigenvalue weighted by Gasteiger charge is -2.17. The van der Waals surface area contributed by atoms with Crippen LogP contribution in [0.5, 0.6) is 0 Å². The number of allylic oxidation sites excluding steroid dienone is 3. The molecule has 0 spiro atoms. The van der Waals surface area contributed by atoms with Gasteiger partial charge in [-0.15, -0.1) is 11.8 Å². The molecule has 1 saturated heterocycles. The van der Waals surface area contributed by atoms with Gasteiger partial charge in [-0.3, -0.25) is 5.32 Å². The Morgan fingerprint density at radius 2 is 1.66 bits per heavy atom. The van der Waals surface area contributed by atoms with Gasteiger partial charge in [0.05, 0.1) is 24.3 Å². The monoisotopic (exact) mass is 523 g/mol. The van der Waals surface area contributed by atoms with Gasteiger partial charge in [0.15, 0.2) is 0 Å². The van der Waals surface area contributed by atoms with E-state index in [0.29, 0.717) is 23.8 Å². The van der Waals surface area contributed by atoms with Crippen LogP contribution in [0.4, 0.5) is 0 Å². The molecule has 3 aromatic rings. The normalized spacial score (nSPS) is 20.3. The van der Waals surface area contributed by atoms with Gasteiger partial charge in [-0.1, -0.05) is 91.5 Å². The molecule has 2 aliphatic rings. The highest BCUT2D eigenvalue weighted by atomic mass is 32.2. The Morgan fingerprint density at radius 1 is 1.00 bits per heavy atom. The molecule has 6 heteroatoms. The number of dihydropyridines is 1. The summed E-state index contributed by atoms with van der Waals surface area (Å²) in [5.74, 6) is 0.947. The number of nitrogens with one attached hydrogen (secondary N) is 3. The number of thioether (sulfide) groups is 1. The van der Waals surface area contributed by atoms with Gasteiger partial charge >= 0.3 is 0 Å². The van der Waals surface area contributed by atoms with Crippen molar-refractivity contribution in [1.29, 1.82) is 0 Å². The molecule has 4 unspecified atom stereocenters. The zero-order chi connectivity index (χ0) is 26.7. The van der Waals surface area contributed by atoms with Crippen molar-refractivity contribution < 1.29 is 0 Å². The second-order valence-electron chi connectivity index (χ2n) is 9.24. The maximum Gasteiger partial charge on any atom is 0.0807 e. The lowest BCUT2D eigenvalue weighted by molar-refractivity contribution is 0.622. The zero-order valence-corrected chi connectivity index (χ0v) is 22.6. The quantitative estimate of drug-likeness (QED) is 0.109. The van der Waals surface area contributed by atoms with E-state index in [1.807, 2.05) is 31.5 Å². The molecule has 38 heavy (non-hydrogen) atoms.